The first-order valence-electron chi connectivity index (χ1n) is 7.08. The largest absolute Gasteiger partial charge is 0.406 e. The summed E-state index contributed by atoms with van der Waals surface area (Å²) in [4.78, 5) is 21.3. The molecule has 1 amide bonds. The lowest BCUT2D eigenvalue weighted by Gasteiger charge is -2.23. The molecule has 0 fully saturated rings. The number of alkyl halides is 3. The fourth-order valence-electron chi connectivity index (χ4n) is 2.13. The van der Waals surface area contributed by atoms with Crippen LogP contribution in [0.2, 0.25) is 0 Å². The van der Waals surface area contributed by atoms with Crippen LogP contribution in [0.5, 0.6) is 0 Å². The lowest BCUT2D eigenvalue weighted by molar-refractivity contribution is -0.118. The monoisotopic (exact) mass is 323 g/mol. The van der Waals surface area contributed by atoms with Gasteiger partial charge in [0.1, 0.15) is 12.4 Å². The normalized spacial score (nSPS) is 11.3. The Morgan fingerprint density at radius 1 is 1.22 bits per heavy atom. The van der Waals surface area contributed by atoms with Gasteiger partial charge in [-0.1, -0.05) is 13.0 Å². The summed E-state index contributed by atoms with van der Waals surface area (Å²) >= 11 is 0. The molecule has 0 atom stereocenters. The molecule has 0 spiro atoms. The molecular weight excluding hydrogens is 307 g/mol. The maximum atomic E-state index is 12.8. The van der Waals surface area contributed by atoms with Gasteiger partial charge >= 0.3 is 6.18 Å². The summed E-state index contributed by atoms with van der Waals surface area (Å²) in [5.74, 6) is -0.817. The third-order valence-electron chi connectivity index (χ3n) is 3.24. The van der Waals surface area contributed by atoms with E-state index < -0.39 is 18.6 Å². The number of halogens is 3. The van der Waals surface area contributed by atoms with Gasteiger partial charge in [-0.2, -0.15) is 13.2 Å². The van der Waals surface area contributed by atoms with E-state index in [2.05, 4.69) is 9.97 Å². The van der Waals surface area contributed by atoms with Crippen molar-refractivity contribution in [3.05, 3.63) is 53.5 Å². The van der Waals surface area contributed by atoms with E-state index in [-0.39, 0.29) is 11.4 Å². The van der Waals surface area contributed by atoms with Crippen LogP contribution in [0.15, 0.2) is 36.5 Å². The minimum atomic E-state index is -4.53. The zero-order valence-electron chi connectivity index (χ0n) is 12.8. The molecule has 7 heteroatoms. The molecule has 0 saturated carbocycles. The van der Waals surface area contributed by atoms with Crippen molar-refractivity contribution in [2.45, 2.75) is 26.4 Å². The highest BCUT2D eigenvalue weighted by molar-refractivity contribution is 6.06. The zero-order chi connectivity index (χ0) is 17.0. The highest BCUT2D eigenvalue weighted by atomic mass is 19.4. The summed E-state index contributed by atoms with van der Waals surface area (Å²) in [5, 5.41) is 0. The van der Waals surface area contributed by atoms with Crippen molar-refractivity contribution in [3.63, 3.8) is 0 Å². The van der Waals surface area contributed by atoms with Gasteiger partial charge in [-0.3, -0.25) is 14.7 Å². The van der Waals surface area contributed by atoms with E-state index in [0.29, 0.717) is 17.0 Å². The molecule has 0 saturated heterocycles. The molecule has 0 aromatic carbocycles. The average molecular weight is 323 g/mol. The molecule has 0 unspecified atom stereocenters. The number of rotatable bonds is 4. The number of aryl methyl sites for hydroxylation is 2. The number of hydrogen-bond acceptors (Lipinski definition) is 3. The molecule has 2 aromatic heterocycles. The molecule has 4 nitrogen and oxygen atoms in total. The summed E-state index contributed by atoms with van der Waals surface area (Å²) in [6.45, 7) is 2.11. The van der Waals surface area contributed by atoms with Crippen molar-refractivity contribution in [1.82, 2.24) is 9.97 Å². The topological polar surface area (TPSA) is 46.1 Å². The molecule has 2 heterocycles. The second-order valence-electron chi connectivity index (χ2n) is 4.98. The van der Waals surface area contributed by atoms with Gasteiger partial charge in [-0.25, -0.2) is 4.98 Å². The van der Waals surface area contributed by atoms with E-state index in [1.54, 1.807) is 19.1 Å². The number of anilines is 1. The lowest BCUT2D eigenvalue weighted by Crippen LogP contribution is -2.40. The number of nitrogens with zero attached hydrogens (tertiary/aromatic N) is 3. The Morgan fingerprint density at radius 3 is 2.48 bits per heavy atom. The molecular formula is C16H16F3N3O. The predicted octanol–water partition coefficient (Wildman–Crippen LogP) is 3.56. The summed E-state index contributed by atoms with van der Waals surface area (Å²) in [5.41, 5.74) is 1.31. The van der Waals surface area contributed by atoms with E-state index in [0.717, 1.165) is 5.69 Å². The van der Waals surface area contributed by atoms with E-state index in [4.69, 9.17) is 0 Å². The maximum absolute atomic E-state index is 12.8. The highest BCUT2D eigenvalue weighted by Gasteiger charge is 2.35. The molecule has 0 N–H and O–H groups in total. The molecule has 0 aliphatic carbocycles. The average Bonchev–Trinajstić information content (AvgIpc) is 2.52. The summed E-state index contributed by atoms with van der Waals surface area (Å²) in [6.07, 6.45) is -2.50. The lowest BCUT2D eigenvalue weighted by atomic mass is 10.1. The Kier molecular flexibility index (Phi) is 4.98. The molecule has 2 aromatic rings. The van der Waals surface area contributed by atoms with Crippen molar-refractivity contribution in [2.75, 3.05) is 11.4 Å². The molecule has 23 heavy (non-hydrogen) atoms. The van der Waals surface area contributed by atoms with E-state index in [1.807, 2.05) is 6.92 Å². The fourth-order valence-corrected chi connectivity index (χ4v) is 2.13. The molecule has 2 rings (SSSR count). The third kappa shape index (κ3) is 4.28. The second-order valence-corrected chi connectivity index (χ2v) is 4.98. The Hall–Kier alpha value is -2.44. The molecule has 0 aliphatic rings. The van der Waals surface area contributed by atoms with Crippen LogP contribution in [0.3, 0.4) is 0 Å². The van der Waals surface area contributed by atoms with Crippen molar-refractivity contribution in [2.24, 2.45) is 0 Å². The summed E-state index contributed by atoms with van der Waals surface area (Å²) in [7, 11) is 0. The number of carbonyl (C=O) groups is 1. The third-order valence-corrected chi connectivity index (χ3v) is 3.24. The quantitative estimate of drug-likeness (QED) is 0.864. The van der Waals surface area contributed by atoms with Crippen LogP contribution in [0, 0.1) is 6.92 Å². The van der Waals surface area contributed by atoms with Crippen LogP contribution in [0.25, 0.3) is 0 Å². The number of pyridine rings is 2. The van der Waals surface area contributed by atoms with Crippen LogP contribution in [0.1, 0.15) is 28.7 Å². The second kappa shape index (κ2) is 6.76. The highest BCUT2D eigenvalue weighted by Crippen LogP contribution is 2.23. The Labute approximate surface area is 132 Å². The minimum absolute atomic E-state index is 0.0474. The van der Waals surface area contributed by atoms with Gasteiger partial charge in [0, 0.05) is 11.9 Å². The fraction of sp³-hybridized carbons (Fsp3) is 0.312. The first-order chi connectivity index (χ1) is 10.8. The minimum Gasteiger partial charge on any atom is -0.283 e. The Bertz CT molecular complexity index is 687. The van der Waals surface area contributed by atoms with Crippen LogP contribution >= 0.6 is 0 Å². The standard InChI is InChI=1S/C16H16F3N3O/c1-3-12-7-8-13(11(2)21-12)15(23)22(10-16(17,18)19)14-6-4-5-9-20-14/h4-9H,3,10H2,1-2H3. The summed E-state index contributed by atoms with van der Waals surface area (Å²) < 4.78 is 38.5. The van der Waals surface area contributed by atoms with Crippen molar-refractivity contribution in [1.29, 1.82) is 0 Å². The molecule has 122 valence electrons. The number of carbonyl (C=O) groups excluding carboxylic acids is 1. The Balaban J connectivity index is 2.41. The van der Waals surface area contributed by atoms with Gasteiger partial charge in [0.25, 0.3) is 5.91 Å². The van der Waals surface area contributed by atoms with E-state index in [1.165, 1.54) is 24.4 Å². The van der Waals surface area contributed by atoms with Crippen LogP contribution < -0.4 is 4.90 Å². The van der Waals surface area contributed by atoms with Gasteiger partial charge in [0.15, 0.2) is 0 Å². The number of amides is 1. The number of aromatic nitrogens is 2. The van der Waals surface area contributed by atoms with Gasteiger partial charge in [-0.05, 0) is 37.6 Å². The first-order valence-corrected chi connectivity index (χ1v) is 7.08. The van der Waals surface area contributed by atoms with Gasteiger partial charge < -0.3 is 0 Å². The van der Waals surface area contributed by atoms with E-state index in [9.17, 15) is 18.0 Å². The Morgan fingerprint density at radius 2 is 1.96 bits per heavy atom. The SMILES string of the molecule is CCc1ccc(C(=O)N(CC(F)(F)F)c2ccccn2)c(C)n1. The molecule has 0 bridgehead atoms. The predicted molar refractivity (Wildman–Crippen MR) is 80.3 cm³/mol. The van der Waals surface area contributed by atoms with E-state index >= 15 is 0 Å². The van der Waals surface area contributed by atoms with Crippen LogP contribution in [-0.4, -0.2) is 28.6 Å². The van der Waals surface area contributed by atoms with Gasteiger partial charge in [-0.15, -0.1) is 0 Å². The molecule has 0 aliphatic heterocycles. The van der Waals surface area contributed by atoms with Crippen molar-refractivity contribution < 1.29 is 18.0 Å². The maximum Gasteiger partial charge on any atom is 0.406 e. The van der Waals surface area contributed by atoms with Crippen molar-refractivity contribution in [3.8, 4) is 0 Å². The molecule has 0 radical (unpaired) electrons. The summed E-state index contributed by atoms with van der Waals surface area (Å²) in [6, 6.07) is 7.62. The zero-order valence-corrected chi connectivity index (χ0v) is 12.8. The smallest absolute Gasteiger partial charge is 0.283 e. The van der Waals surface area contributed by atoms with Crippen molar-refractivity contribution >= 4 is 11.7 Å². The van der Waals surface area contributed by atoms with Gasteiger partial charge in [0.2, 0.25) is 0 Å². The van der Waals surface area contributed by atoms with Crippen LogP contribution in [-0.2, 0) is 6.42 Å². The first kappa shape index (κ1) is 16.9. The van der Waals surface area contributed by atoms with Gasteiger partial charge in [0.05, 0.1) is 11.3 Å². The number of hydrogen-bond donors (Lipinski definition) is 0. The van der Waals surface area contributed by atoms with Crippen LogP contribution in [0.4, 0.5) is 19.0 Å².